The Balaban J connectivity index is 2.16. The highest BCUT2D eigenvalue weighted by atomic mass is 16.6. The van der Waals surface area contributed by atoms with Crippen molar-refractivity contribution in [2.75, 3.05) is 33.0 Å². The molecule has 0 aliphatic carbocycles. The molecule has 146 valence electrons. The number of esters is 1. The molecule has 0 amide bonds. The van der Waals surface area contributed by atoms with Gasteiger partial charge in [-0.05, 0) is 38.8 Å². The van der Waals surface area contributed by atoms with Crippen LogP contribution < -0.4 is 0 Å². The van der Waals surface area contributed by atoms with Gasteiger partial charge < -0.3 is 29.2 Å². The molecular formula is C18H26O8. The molecule has 3 atom stereocenters. The molecule has 8 heteroatoms. The number of rotatable bonds is 12. The van der Waals surface area contributed by atoms with Crippen molar-refractivity contribution in [2.24, 2.45) is 0 Å². The molecule has 0 radical (unpaired) electrons. The number of aliphatic hydroxyl groups excluding tert-OH is 1. The van der Waals surface area contributed by atoms with Crippen molar-refractivity contribution < 1.29 is 38.7 Å². The number of epoxide rings is 2. The molecule has 2 heterocycles. The number of carbonyl (C=O) groups is 2. The lowest BCUT2D eigenvalue weighted by Crippen LogP contribution is -2.37. The Morgan fingerprint density at radius 2 is 1.81 bits per heavy atom. The number of hydrogen-bond acceptors (Lipinski definition) is 7. The SMILES string of the molecule is CC(=CC(C=C(C)C(=O)OCCCCO)(OCC1CO1)C1CO1)C(=O)O. The van der Waals surface area contributed by atoms with Gasteiger partial charge in [-0.25, -0.2) is 9.59 Å². The average molecular weight is 370 g/mol. The van der Waals surface area contributed by atoms with Gasteiger partial charge in [0.1, 0.15) is 17.8 Å². The highest BCUT2D eigenvalue weighted by molar-refractivity contribution is 5.89. The van der Waals surface area contributed by atoms with Gasteiger partial charge in [-0.3, -0.25) is 0 Å². The number of carbonyl (C=O) groups excluding carboxylic acids is 1. The van der Waals surface area contributed by atoms with Crippen LogP contribution in [-0.2, 0) is 28.5 Å². The number of unbranched alkanes of at least 4 members (excludes halogenated alkanes) is 1. The molecule has 26 heavy (non-hydrogen) atoms. The number of aliphatic carboxylic acids is 1. The van der Waals surface area contributed by atoms with Crippen molar-refractivity contribution >= 4 is 11.9 Å². The quantitative estimate of drug-likeness (QED) is 0.224. The van der Waals surface area contributed by atoms with E-state index in [0.717, 1.165) is 0 Å². The number of carboxylic acids is 1. The zero-order valence-corrected chi connectivity index (χ0v) is 15.1. The highest BCUT2D eigenvalue weighted by Gasteiger charge is 2.47. The highest BCUT2D eigenvalue weighted by Crippen LogP contribution is 2.34. The second-order valence-corrected chi connectivity index (χ2v) is 6.47. The molecule has 2 aliphatic rings. The normalized spacial score (nSPS) is 24.7. The zero-order chi connectivity index (χ0) is 19.2. The first-order valence-corrected chi connectivity index (χ1v) is 8.65. The van der Waals surface area contributed by atoms with Crippen LogP contribution in [0.5, 0.6) is 0 Å². The van der Waals surface area contributed by atoms with E-state index in [-0.39, 0.29) is 37.6 Å². The summed E-state index contributed by atoms with van der Waals surface area (Å²) in [5, 5.41) is 18.0. The predicted molar refractivity (Wildman–Crippen MR) is 90.6 cm³/mol. The van der Waals surface area contributed by atoms with E-state index in [2.05, 4.69) is 0 Å². The first-order chi connectivity index (χ1) is 12.4. The molecule has 2 aliphatic heterocycles. The maximum absolute atomic E-state index is 12.2. The van der Waals surface area contributed by atoms with Gasteiger partial charge in [0.25, 0.3) is 0 Å². The standard InChI is InChI=1S/C18H26O8/c1-12(16(20)21)7-18(15-11-25-15,26-10-14-9-24-14)8-13(2)17(22)23-6-4-3-5-19/h7-8,14-15,19H,3-6,9-11H2,1-2H3,(H,20,21). The first kappa shape index (κ1) is 20.6. The van der Waals surface area contributed by atoms with Crippen LogP contribution in [0.1, 0.15) is 26.7 Å². The molecule has 0 saturated carbocycles. The van der Waals surface area contributed by atoms with Crippen molar-refractivity contribution in [3.05, 3.63) is 23.3 Å². The van der Waals surface area contributed by atoms with Gasteiger partial charge in [-0.2, -0.15) is 0 Å². The van der Waals surface area contributed by atoms with Gasteiger partial charge >= 0.3 is 11.9 Å². The minimum atomic E-state index is -1.16. The van der Waals surface area contributed by atoms with Crippen molar-refractivity contribution in [1.82, 2.24) is 0 Å². The van der Waals surface area contributed by atoms with Gasteiger partial charge in [0.2, 0.25) is 0 Å². The molecule has 0 bridgehead atoms. The van der Waals surface area contributed by atoms with Crippen LogP contribution in [0.25, 0.3) is 0 Å². The van der Waals surface area contributed by atoms with E-state index in [4.69, 9.17) is 24.1 Å². The summed E-state index contributed by atoms with van der Waals surface area (Å²) in [6, 6.07) is 0. The van der Waals surface area contributed by atoms with E-state index in [1.165, 1.54) is 13.0 Å². The summed E-state index contributed by atoms with van der Waals surface area (Å²) < 4.78 is 21.6. The van der Waals surface area contributed by atoms with Crippen LogP contribution in [0.4, 0.5) is 0 Å². The fourth-order valence-corrected chi connectivity index (χ4v) is 2.40. The third-order valence-corrected chi connectivity index (χ3v) is 4.09. The molecule has 0 aromatic carbocycles. The van der Waals surface area contributed by atoms with E-state index in [9.17, 15) is 14.7 Å². The summed E-state index contributed by atoms with van der Waals surface area (Å²) in [7, 11) is 0. The number of hydrogen-bond donors (Lipinski definition) is 2. The molecule has 2 saturated heterocycles. The molecule has 8 nitrogen and oxygen atoms in total. The van der Waals surface area contributed by atoms with Crippen LogP contribution in [0.3, 0.4) is 0 Å². The minimum absolute atomic E-state index is 0.0224. The molecule has 0 aromatic rings. The zero-order valence-electron chi connectivity index (χ0n) is 15.1. The molecule has 2 fully saturated rings. The Hall–Kier alpha value is -1.74. The maximum Gasteiger partial charge on any atom is 0.333 e. The molecule has 0 spiro atoms. The monoisotopic (exact) mass is 370 g/mol. The lowest BCUT2D eigenvalue weighted by molar-refractivity contribution is -0.139. The predicted octanol–water partition coefficient (Wildman–Crippen LogP) is 0.832. The van der Waals surface area contributed by atoms with Crippen LogP contribution >= 0.6 is 0 Å². The van der Waals surface area contributed by atoms with Gasteiger partial charge in [0.15, 0.2) is 0 Å². The fourth-order valence-electron chi connectivity index (χ4n) is 2.40. The summed E-state index contributed by atoms with van der Waals surface area (Å²) in [6.45, 7) is 4.59. The van der Waals surface area contributed by atoms with Crippen molar-refractivity contribution in [3.63, 3.8) is 0 Å². The summed E-state index contributed by atoms with van der Waals surface area (Å²) in [6.07, 6.45) is 3.77. The van der Waals surface area contributed by atoms with E-state index < -0.39 is 17.5 Å². The van der Waals surface area contributed by atoms with Crippen LogP contribution in [0.2, 0.25) is 0 Å². The van der Waals surface area contributed by atoms with Crippen LogP contribution in [0, 0.1) is 0 Å². The summed E-state index contributed by atoms with van der Waals surface area (Å²) in [5.74, 6) is -1.58. The molecule has 3 unspecified atom stereocenters. The second-order valence-electron chi connectivity index (χ2n) is 6.47. The lowest BCUT2D eigenvalue weighted by Gasteiger charge is -2.27. The Labute approximate surface area is 152 Å². The van der Waals surface area contributed by atoms with Gasteiger partial charge in [-0.1, -0.05) is 0 Å². The van der Waals surface area contributed by atoms with Crippen molar-refractivity contribution in [2.45, 2.75) is 44.5 Å². The number of carboxylic acid groups (broad SMARTS) is 1. The third kappa shape index (κ3) is 6.21. The van der Waals surface area contributed by atoms with Gasteiger partial charge in [0.05, 0.1) is 26.4 Å². The van der Waals surface area contributed by atoms with Crippen molar-refractivity contribution in [1.29, 1.82) is 0 Å². The van der Waals surface area contributed by atoms with Crippen LogP contribution in [-0.4, -0.2) is 73.0 Å². The Morgan fingerprint density at radius 1 is 1.15 bits per heavy atom. The molecule has 2 N–H and O–H groups in total. The van der Waals surface area contributed by atoms with E-state index in [0.29, 0.717) is 31.6 Å². The van der Waals surface area contributed by atoms with E-state index in [1.807, 2.05) is 0 Å². The topological polar surface area (TPSA) is 118 Å². The molecule has 2 rings (SSSR count). The van der Waals surface area contributed by atoms with Crippen LogP contribution in [0.15, 0.2) is 23.3 Å². The third-order valence-electron chi connectivity index (χ3n) is 4.09. The lowest BCUT2D eigenvalue weighted by atomic mass is 9.93. The van der Waals surface area contributed by atoms with E-state index in [1.54, 1.807) is 13.0 Å². The van der Waals surface area contributed by atoms with Crippen molar-refractivity contribution in [3.8, 4) is 0 Å². The number of aliphatic hydroxyl groups is 1. The summed E-state index contributed by atoms with van der Waals surface area (Å²) >= 11 is 0. The first-order valence-electron chi connectivity index (χ1n) is 8.65. The average Bonchev–Trinajstić information content (AvgIpc) is 3.48. The summed E-state index contributed by atoms with van der Waals surface area (Å²) in [4.78, 5) is 23.5. The molecular weight excluding hydrogens is 344 g/mol. The second kappa shape index (κ2) is 9.27. The van der Waals surface area contributed by atoms with E-state index >= 15 is 0 Å². The Kier molecular flexibility index (Phi) is 7.33. The van der Waals surface area contributed by atoms with Gasteiger partial charge in [-0.15, -0.1) is 0 Å². The largest absolute Gasteiger partial charge is 0.478 e. The fraction of sp³-hybridized carbons (Fsp3) is 0.667. The Bertz CT molecular complexity index is 574. The molecule has 0 aromatic heterocycles. The maximum atomic E-state index is 12.2. The number of ether oxygens (including phenoxy) is 4. The summed E-state index contributed by atoms with van der Waals surface area (Å²) in [5.41, 5.74) is -0.768. The smallest absolute Gasteiger partial charge is 0.333 e. The minimum Gasteiger partial charge on any atom is -0.478 e. The Morgan fingerprint density at radius 3 is 2.35 bits per heavy atom. The van der Waals surface area contributed by atoms with Gasteiger partial charge in [0, 0.05) is 17.8 Å².